The summed E-state index contributed by atoms with van der Waals surface area (Å²) in [6.07, 6.45) is 3.67. The summed E-state index contributed by atoms with van der Waals surface area (Å²) < 4.78 is 33.5. The quantitative estimate of drug-likeness (QED) is 0.218. The van der Waals surface area contributed by atoms with Gasteiger partial charge in [0.15, 0.2) is 5.75 Å². The molecule has 4 aromatic rings. The summed E-state index contributed by atoms with van der Waals surface area (Å²) in [6, 6.07) is 11.4. The van der Waals surface area contributed by atoms with Gasteiger partial charge in [0.2, 0.25) is 5.95 Å². The molecule has 8 nitrogen and oxygen atoms in total. The fourth-order valence-corrected chi connectivity index (χ4v) is 4.98. The Morgan fingerprint density at radius 2 is 1.87 bits per heavy atom. The molecule has 0 aliphatic rings. The molecule has 0 aliphatic heterocycles. The zero-order valence-corrected chi connectivity index (χ0v) is 23.4. The minimum Gasteiger partial charge on any atom is -0.433 e. The van der Waals surface area contributed by atoms with Gasteiger partial charge in [-0.3, -0.25) is 0 Å². The lowest BCUT2D eigenvalue weighted by atomic mass is 10.1. The van der Waals surface area contributed by atoms with Crippen molar-refractivity contribution in [1.82, 2.24) is 19.4 Å². The predicted molar refractivity (Wildman–Crippen MR) is 155 cm³/mol. The molecule has 0 saturated heterocycles. The van der Waals surface area contributed by atoms with Gasteiger partial charge in [0, 0.05) is 62.1 Å². The van der Waals surface area contributed by atoms with E-state index >= 15 is 0 Å². The van der Waals surface area contributed by atoms with Crippen LogP contribution in [0.5, 0.6) is 5.75 Å². The van der Waals surface area contributed by atoms with Crippen molar-refractivity contribution in [2.24, 2.45) is 7.05 Å². The molecule has 0 fully saturated rings. The summed E-state index contributed by atoms with van der Waals surface area (Å²) in [5.41, 5.74) is 10.4. The molecule has 11 heteroatoms. The molecule has 202 valence electrons. The van der Waals surface area contributed by atoms with Gasteiger partial charge in [0.05, 0.1) is 22.8 Å². The van der Waals surface area contributed by atoms with Gasteiger partial charge in [0.25, 0.3) is 0 Å². The van der Waals surface area contributed by atoms with E-state index in [-0.39, 0.29) is 25.3 Å². The number of alkyl halides is 2. The van der Waals surface area contributed by atoms with E-state index in [0.717, 1.165) is 23.0 Å². The van der Waals surface area contributed by atoms with Crippen LogP contribution in [0.3, 0.4) is 0 Å². The van der Waals surface area contributed by atoms with E-state index in [1.165, 1.54) is 11.4 Å². The molecule has 2 aromatic heterocycles. The molecule has 4 rings (SSSR count). The summed E-state index contributed by atoms with van der Waals surface area (Å²) in [5.74, 6) is 0.206. The van der Waals surface area contributed by atoms with Gasteiger partial charge in [-0.1, -0.05) is 20.1 Å². The Morgan fingerprint density at radius 1 is 1.11 bits per heavy atom. The van der Waals surface area contributed by atoms with E-state index in [2.05, 4.69) is 51.4 Å². The minimum absolute atomic E-state index is 0.0387. The molecule has 0 amide bonds. The van der Waals surface area contributed by atoms with Crippen LogP contribution >= 0.6 is 7.92 Å². The van der Waals surface area contributed by atoms with Gasteiger partial charge in [-0.15, -0.1) is 0 Å². The summed E-state index contributed by atoms with van der Waals surface area (Å²) in [5, 5.41) is 5.43. The highest BCUT2D eigenvalue weighted by Crippen LogP contribution is 2.38. The molecule has 0 saturated carbocycles. The highest BCUT2D eigenvalue weighted by atomic mass is 31.1. The Kier molecular flexibility index (Phi) is 8.33. The lowest BCUT2D eigenvalue weighted by Gasteiger charge is -2.24. The lowest BCUT2D eigenvalue weighted by molar-refractivity contribution is -0.0493. The van der Waals surface area contributed by atoms with E-state index in [9.17, 15) is 8.78 Å². The van der Waals surface area contributed by atoms with Crippen LogP contribution in [0, 0.1) is 0 Å². The van der Waals surface area contributed by atoms with Crippen molar-refractivity contribution in [2.75, 3.05) is 63.5 Å². The number of likely N-dealkylation sites (N-methyl/N-ethyl adjacent to an activating group) is 2. The van der Waals surface area contributed by atoms with Gasteiger partial charge in [-0.25, -0.2) is 9.97 Å². The van der Waals surface area contributed by atoms with Crippen LogP contribution < -0.4 is 26.0 Å². The predicted octanol–water partition coefficient (Wildman–Crippen LogP) is 4.93. The van der Waals surface area contributed by atoms with Crippen molar-refractivity contribution in [3.8, 4) is 17.0 Å². The van der Waals surface area contributed by atoms with Gasteiger partial charge < -0.3 is 30.2 Å². The Labute approximate surface area is 223 Å². The number of fused-ring (bicyclic) bond motifs is 1. The second-order valence-electron chi connectivity index (χ2n) is 9.65. The largest absolute Gasteiger partial charge is 0.433 e. The Bertz CT molecular complexity index is 1420. The molecule has 0 unspecified atom stereocenters. The van der Waals surface area contributed by atoms with Crippen molar-refractivity contribution >= 4 is 47.1 Å². The van der Waals surface area contributed by atoms with Gasteiger partial charge >= 0.3 is 6.61 Å². The Morgan fingerprint density at radius 3 is 2.55 bits per heavy atom. The number of hydrogen-bond donors (Lipinski definition) is 2. The molecule has 0 atom stereocenters. The molecule has 0 aliphatic carbocycles. The summed E-state index contributed by atoms with van der Waals surface area (Å²) in [4.78, 5) is 12.9. The first-order valence-electron chi connectivity index (χ1n) is 12.1. The second kappa shape index (κ2) is 11.5. The first-order valence-corrected chi connectivity index (χ1v) is 14.4. The first-order chi connectivity index (χ1) is 18.0. The molecule has 0 bridgehead atoms. The molecule has 0 spiro atoms. The smallest absolute Gasteiger partial charge is 0.387 e. The van der Waals surface area contributed by atoms with Gasteiger partial charge in [-0.2, -0.15) is 8.78 Å². The number of anilines is 4. The number of nitrogen functional groups attached to an aromatic ring is 1. The molecule has 3 N–H and O–H groups in total. The normalized spacial score (nSPS) is 11.7. The maximum absolute atomic E-state index is 13.3. The highest BCUT2D eigenvalue weighted by Gasteiger charge is 2.18. The van der Waals surface area contributed by atoms with Crippen LogP contribution in [0.4, 0.5) is 31.8 Å². The fraction of sp³-hybridized carbons (Fsp3) is 0.333. The summed E-state index contributed by atoms with van der Waals surface area (Å²) in [6.45, 7) is 2.90. The number of benzene rings is 2. The number of nitrogens with zero attached hydrogens (tertiary/aromatic N) is 5. The molecule has 2 heterocycles. The average molecular weight is 542 g/mol. The zero-order chi connectivity index (χ0) is 27.6. The molecule has 2 aromatic carbocycles. The van der Waals surface area contributed by atoms with Crippen molar-refractivity contribution in [2.45, 2.75) is 6.61 Å². The summed E-state index contributed by atoms with van der Waals surface area (Å²) in [7, 11) is 7.58. The fourth-order valence-electron chi connectivity index (χ4n) is 4.22. The number of ether oxygens (including phenoxy) is 1. The lowest BCUT2D eigenvalue weighted by Crippen LogP contribution is -2.29. The van der Waals surface area contributed by atoms with Crippen molar-refractivity contribution < 1.29 is 13.5 Å². The van der Waals surface area contributed by atoms with Crippen LogP contribution in [-0.4, -0.2) is 73.6 Å². The molecule has 38 heavy (non-hydrogen) atoms. The van der Waals surface area contributed by atoms with E-state index in [4.69, 9.17) is 10.5 Å². The van der Waals surface area contributed by atoms with Crippen LogP contribution in [0.25, 0.3) is 22.2 Å². The van der Waals surface area contributed by atoms with E-state index in [1.807, 2.05) is 50.3 Å². The average Bonchev–Trinajstić information content (AvgIpc) is 3.19. The third kappa shape index (κ3) is 6.14. The summed E-state index contributed by atoms with van der Waals surface area (Å²) >= 11 is 0. The van der Waals surface area contributed by atoms with Gasteiger partial charge in [-0.05, 0) is 50.9 Å². The van der Waals surface area contributed by atoms with Crippen molar-refractivity contribution in [3.05, 3.63) is 48.8 Å². The number of nitrogens with one attached hydrogen (secondary N) is 1. The molecule has 0 radical (unpaired) electrons. The maximum atomic E-state index is 13.3. The van der Waals surface area contributed by atoms with Gasteiger partial charge in [0.1, 0.15) is 0 Å². The number of aromatic nitrogens is 3. The number of halogens is 2. The maximum Gasteiger partial charge on any atom is 0.387 e. The highest BCUT2D eigenvalue weighted by molar-refractivity contribution is 7.64. The standard InChI is InChI=1S/C27H34F2N7OP/c1-34(2)11-12-35(3)24-15-25(37-26(28)29)22(14-20(24)30)33-27-31-10-9-21(32-27)19-16-36(4)23-13-17(38(5)6)7-8-18(19)23/h7-10,13-16,26H,11-12,30H2,1-6H3,(H,31,32,33). The van der Waals surface area contributed by atoms with Crippen molar-refractivity contribution in [3.63, 3.8) is 0 Å². The molecular formula is C27H34F2N7OP. The number of aryl methyl sites for hydroxylation is 1. The number of hydrogen-bond acceptors (Lipinski definition) is 7. The third-order valence-electron chi connectivity index (χ3n) is 6.31. The van der Waals surface area contributed by atoms with E-state index < -0.39 is 6.61 Å². The van der Waals surface area contributed by atoms with E-state index in [1.54, 1.807) is 12.3 Å². The minimum atomic E-state index is -3.00. The number of rotatable bonds is 10. The van der Waals surface area contributed by atoms with Crippen LogP contribution in [0.2, 0.25) is 0 Å². The monoisotopic (exact) mass is 541 g/mol. The Balaban J connectivity index is 1.67. The second-order valence-corrected chi connectivity index (χ2v) is 12.0. The number of nitrogens with two attached hydrogens (primary N) is 1. The Hall–Kier alpha value is -3.49. The first kappa shape index (κ1) is 27.5. The van der Waals surface area contributed by atoms with Crippen LogP contribution in [0.1, 0.15) is 0 Å². The van der Waals surface area contributed by atoms with E-state index in [0.29, 0.717) is 23.6 Å². The van der Waals surface area contributed by atoms with Crippen molar-refractivity contribution in [1.29, 1.82) is 0 Å². The van der Waals surface area contributed by atoms with Crippen LogP contribution in [-0.2, 0) is 7.05 Å². The molecular weight excluding hydrogens is 507 g/mol. The third-order valence-corrected chi connectivity index (χ3v) is 7.62. The topological polar surface area (TPSA) is 84.5 Å². The SMILES string of the molecule is CN(C)CCN(C)c1cc(OC(F)F)c(Nc2nccc(-c3cn(C)c4cc(P(C)C)ccc34)n2)cc1N. The van der Waals surface area contributed by atoms with Crippen LogP contribution in [0.15, 0.2) is 48.8 Å². The zero-order valence-electron chi connectivity index (χ0n) is 22.5.